The molecule has 0 saturated carbocycles. The highest BCUT2D eigenvalue weighted by Gasteiger charge is 2.26. The van der Waals surface area contributed by atoms with Gasteiger partial charge in [0.05, 0.1) is 0 Å². The fourth-order valence-corrected chi connectivity index (χ4v) is 4.24. The van der Waals surface area contributed by atoms with Crippen LogP contribution in [0.5, 0.6) is 0 Å². The minimum absolute atomic E-state index is 0.00725. The van der Waals surface area contributed by atoms with E-state index >= 15 is 0 Å². The smallest absolute Gasteiger partial charge is 0.254 e. The van der Waals surface area contributed by atoms with Crippen LogP contribution in [0.3, 0.4) is 0 Å². The molecule has 2 heterocycles. The minimum Gasteiger partial charge on any atom is -0.461 e. The van der Waals surface area contributed by atoms with Gasteiger partial charge in [-0.2, -0.15) is 0 Å². The van der Waals surface area contributed by atoms with Crippen molar-refractivity contribution in [2.45, 2.75) is 26.8 Å². The number of benzene rings is 3. The van der Waals surface area contributed by atoms with Crippen LogP contribution >= 0.6 is 0 Å². The summed E-state index contributed by atoms with van der Waals surface area (Å²) in [5.74, 6) is 1.68. The molecule has 0 spiro atoms. The van der Waals surface area contributed by atoms with Gasteiger partial charge in [-0.1, -0.05) is 50.2 Å². The highest BCUT2D eigenvalue weighted by Crippen LogP contribution is 2.31. The second kappa shape index (κ2) is 8.58. The van der Waals surface area contributed by atoms with Gasteiger partial charge in [0.15, 0.2) is 0 Å². The van der Waals surface area contributed by atoms with Gasteiger partial charge in [0.1, 0.15) is 11.5 Å². The lowest BCUT2D eigenvalue weighted by molar-refractivity contribution is -0.118. The standard InChI is InChI=1S/C28H26N2O3/c1-18(2)27(31)29-22-12-10-20(11-13-22)26-16-21-17-30(15-14-25(21)33-26)28(32)24-9-5-7-19-6-3-4-8-23(19)24/h3-13,16,18H,14-15,17H2,1-2H3,(H,29,31). The molecule has 166 valence electrons. The average molecular weight is 439 g/mol. The SMILES string of the molecule is CC(C)C(=O)Nc1ccc(-c2cc3c(o2)CCN(C(=O)c2cccc4ccccc24)C3)cc1. The van der Waals surface area contributed by atoms with Crippen molar-refractivity contribution < 1.29 is 14.0 Å². The average Bonchev–Trinajstić information content (AvgIpc) is 3.27. The molecular weight excluding hydrogens is 412 g/mol. The zero-order chi connectivity index (χ0) is 22.9. The fraction of sp³-hybridized carbons (Fsp3) is 0.214. The maximum absolute atomic E-state index is 13.3. The summed E-state index contributed by atoms with van der Waals surface area (Å²) in [6.07, 6.45) is 0.689. The Balaban J connectivity index is 1.34. The maximum Gasteiger partial charge on any atom is 0.254 e. The fourth-order valence-electron chi connectivity index (χ4n) is 4.24. The summed E-state index contributed by atoms with van der Waals surface area (Å²) < 4.78 is 6.13. The highest BCUT2D eigenvalue weighted by molar-refractivity contribution is 6.07. The lowest BCUT2D eigenvalue weighted by Gasteiger charge is -2.26. The molecule has 1 aromatic heterocycles. The van der Waals surface area contributed by atoms with Crippen molar-refractivity contribution >= 4 is 28.3 Å². The van der Waals surface area contributed by atoms with Gasteiger partial charge >= 0.3 is 0 Å². The van der Waals surface area contributed by atoms with E-state index in [-0.39, 0.29) is 17.7 Å². The van der Waals surface area contributed by atoms with E-state index in [4.69, 9.17) is 4.42 Å². The van der Waals surface area contributed by atoms with Gasteiger partial charge in [0.25, 0.3) is 5.91 Å². The second-order valence-corrected chi connectivity index (χ2v) is 8.78. The summed E-state index contributed by atoms with van der Waals surface area (Å²) in [6, 6.07) is 23.5. The first-order valence-corrected chi connectivity index (χ1v) is 11.3. The predicted molar refractivity (Wildman–Crippen MR) is 130 cm³/mol. The highest BCUT2D eigenvalue weighted by atomic mass is 16.3. The van der Waals surface area contributed by atoms with E-state index in [9.17, 15) is 9.59 Å². The number of hydrogen-bond acceptors (Lipinski definition) is 3. The van der Waals surface area contributed by atoms with Crippen molar-refractivity contribution in [2.24, 2.45) is 5.92 Å². The molecule has 1 N–H and O–H groups in total. The van der Waals surface area contributed by atoms with E-state index in [0.29, 0.717) is 19.5 Å². The Bertz CT molecular complexity index is 1330. The van der Waals surface area contributed by atoms with E-state index in [1.807, 2.05) is 91.5 Å². The van der Waals surface area contributed by atoms with E-state index in [2.05, 4.69) is 5.32 Å². The summed E-state index contributed by atoms with van der Waals surface area (Å²) >= 11 is 0. The molecule has 0 fully saturated rings. The Labute approximate surface area is 193 Å². The number of nitrogens with one attached hydrogen (secondary N) is 1. The van der Waals surface area contributed by atoms with Crippen LogP contribution in [0, 0.1) is 5.92 Å². The van der Waals surface area contributed by atoms with E-state index in [1.54, 1.807) is 0 Å². The summed E-state index contributed by atoms with van der Waals surface area (Å²) in [4.78, 5) is 27.1. The van der Waals surface area contributed by atoms with Crippen LogP contribution in [0.2, 0.25) is 0 Å². The summed E-state index contributed by atoms with van der Waals surface area (Å²) in [6.45, 7) is 4.89. The summed E-state index contributed by atoms with van der Waals surface area (Å²) in [7, 11) is 0. The molecule has 5 nitrogen and oxygen atoms in total. The summed E-state index contributed by atoms with van der Waals surface area (Å²) in [5.41, 5.74) is 3.49. The zero-order valence-corrected chi connectivity index (χ0v) is 18.8. The zero-order valence-electron chi connectivity index (χ0n) is 18.8. The number of nitrogens with zero attached hydrogens (tertiary/aromatic N) is 1. The van der Waals surface area contributed by atoms with E-state index in [0.717, 1.165) is 44.7 Å². The quantitative estimate of drug-likeness (QED) is 0.432. The lowest BCUT2D eigenvalue weighted by Crippen LogP contribution is -2.35. The molecule has 0 bridgehead atoms. The van der Waals surface area contributed by atoms with Crippen LogP contribution in [-0.2, 0) is 17.8 Å². The molecule has 2 amide bonds. The molecule has 0 saturated heterocycles. The molecule has 0 atom stereocenters. The van der Waals surface area contributed by atoms with Crippen LogP contribution in [0.15, 0.2) is 77.2 Å². The molecule has 5 rings (SSSR count). The largest absolute Gasteiger partial charge is 0.461 e. The van der Waals surface area contributed by atoms with Gasteiger partial charge in [-0.3, -0.25) is 9.59 Å². The molecule has 1 aliphatic rings. The van der Waals surface area contributed by atoms with Gasteiger partial charge in [0.2, 0.25) is 5.91 Å². The Kier molecular flexibility index (Phi) is 5.47. The molecule has 3 aromatic carbocycles. The Morgan fingerprint density at radius 2 is 1.73 bits per heavy atom. The molecule has 0 unspecified atom stereocenters. The van der Waals surface area contributed by atoms with E-state index in [1.165, 1.54) is 0 Å². The number of carbonyl (C=O) groups is 2. The third-order valence-corrected chi connectivity index (χ3v) is 6.14. The number of anilines is 1. The summed E-state index contributed by atoms with van der Waals surface area (Å²) in [5, 5.41) is 4.95. The van der Waals surface area contributed by atoms with Gasteiger partial charge in [-0.05, 0) is 47.2 Å². The topological polar surface area (TPSA) is 62.6 Å². The predicted octanol–water partition coefficient (Wildman–Crippen LogP) is 5.89. The van der Waals surface area contributed by atoms with E-state index < -0.39 is 0 Å². The van der Waals surface area contributed by atoms with Crippen LogP contribution in [0.4, 0.5) is 5.69 Å². The number of rotatable bonds is 4. The number of amides is 2. The molecule has 0 aliphatic carbocycles. The van der Waals surface area contributed by atoms with Crippen LogP contribution in [-0.4, -0.2) is 23.3 Å². The van der Waals surface area contributed by atoms with Crippen LogP contribution in [0.1, 0.15) is 35.5 Å². The second-order valence-electron chi connectivity index (χ2n) is 8.78. The van der Waals surface area contributed by atoms with Gasteiger partial charge in [-0.15, -0.1) is 0 Å². The molecule has 33 heavy (non-hydrogen) atoms. The van der Waals surface area contributed by atoms with Gasteiger partial charge in [-0.25, -0.2) is 0 Å². The molecular formula is C28H26N2O3. The molecule has 4 aromatic rings. The first-order valence-electron chi connectivity index (χ1n) is 11.3. The Morgan fingerprint density at radius 3 is 2.52 bits per heavy atom. The molecule has 0 radical (unpaired) electrons. The monoisotopic (exact) mass is 438 g/mol. The Hall–Kier alpha value is -3.86. The van der Waals surface area contributed by atoms with Crippen molar-refractivity contribution in [3.8, 4) is 11.3 Å². The maximum atomic E-state index is 13.3. The lowest BCUT2D eigenvalue weighted by atomic mass is 10.0. The molecule has 1 aliphatic heterocycles. The van der Waals surface area contributed by atoms with Crippen molar-refractivity contribution in [2.75, 3.05) is 11.9 Å². The van der Waals surface area contributed by atoms with Crippen LogP contribution < -0.4 is 5.32 Å². The first kappa shape index (κ1) is 21.0. The van der Waals surface area contributed by atoms with Crippen LogP contribution in [0.25, 0.3) is 22.1 Å². The first-order chi connectivity index (χ1) is 16.0. The number of hydrogen-bond donors (Lipinski definition) is 1. The normalized spacial score (nSPS) is 13.2. The minimum atomic E-state index is -0.0685. The molecule has 5 heteroatoms. The number of carbonyl (C=O) groups excluding carboxylic acids is 2. The van der Waals surface area contributed by atoms with Crippen molar-refractivity contribution in [1.29, 1.82) is 0 Å². The van der Waals surface area contributed by atoms with Crippen molar-refractivity contribution in [1.82, 2.24) is 4.90 Å². The van der Waals surface area contributed by atoms with Gasteiger partial charge in [0, 0.05) is 47.8 Å². The van der Waals surface area contributed by atoms with Gasteiger partial charge < -0.3 is 14.6 Å². The third-order valence-electron chi connectivity index (χ3n) is 6.14. The van der Waals surface area contributed by atoms with Crippen molar-refractivity contribution in [3.63, 3.8) is 0 Å². The van der Waals surface area contributed by atoms with Crippen molar-refractivity contribution in [3.05, 3.63) is 89.7 Å². The Morgan fingerprint density at radius 1 is 0.970 bits per heavy atom. The number of furan rings is 1. The number of fused-ring (bicyclic) bond motifs is 2. The third kappa shape index (κ3) is 4.14.